The number of nitrogens with one attached hydrogen (secondary N) is 3. The van der Waals surface area contributed by atoms with Gasteiger partial charge in [-0.1, -0.05) is 12.1 Å². The molecule has 1 saturated heterocycles. The van der Waals surface area contributed by atoms with Crippen molar-refractivity contribution in [1.29, 1.82) is 0 Å². The number of benzene rings is 1. The Labute approximate surface area is 182 Å². The van der Waals surface area contributed by atoms with Crippen molar-refractivity contribution in [1.82, 2.24) is 36.2 Å². The first kappa shape index (κ1) is 21.7. The maximum absolute atomic E-state index is 12.5. The molecule has 2 aromatic rings. The fourth-order valence-corrected chi connectivity index (χ4v) is 3.78. The van der Waals surface area contributed by atoms with Crippen molar-refractivity contribution in [3.05, 3.63) is 35.2 Å². The highest BCUT2D eigenvalue weighted by atomic mass is 16.5. The monoisotopic (exact) mass is 443 g/mol. The summed E-state index contributed by atoms with van der Waals surface area (Å²) in [5.41, 5.74) is 0.501. The fourth-order valence-electron chi connectivity index (χ4n) is 3.78. The van der Waals surface area contributed by atoms with Crippen LogP contribution in [-0.2, 0) is 29.0 Å². The van der Waals surface area contributed by atoms with Gasteiger partial charge in [-0.3, -0.25) is 9.59 Å². The largest absolute Gasteiger partial charge is 0.547 e. The highest BCUT2D eigenvalue weighted by Gasteiger charge is 2.37. The predicted octanol–water partition coefficient (Wildman–Crippen LogP) is -2.47. The van der Waals surface area contributed by atoms with E-state index in [0.717, 1.165) is 13.0 Å². The Balaban J connectivity index is 1.35. The lowest BCUT2D eigenvalue weighted by Crippen LogP contribution is -2.53. The molecule has 2 atom stereocenters. The highest BCUT2D eigenvalue weighted by Crippen LogP contribution is 2.30. The van der Waals surface area contributed by atoms with E-state index >= 15 is 0 Å². The Morgan fingerprint density at radius 3 is 2.88 bits per heavy atom. The summed E-state index contributed by atoms with van der Waals surface area (Å²) in [6.45, 7) is 1.44. The van der Waals surface area contributed by atoms with E-state index in [1.54, 1.807) is 12.1 Å². The van der Waals surface area contributed by atoms with Crippen molar-refractivity contribution in [3.63, 3.8) is 0 Å². The number of nitrogens with zero attached hydrogens (tertiary/aromatic N) is 4. The summed E-state index contributed by atoms with van der Waals surface area (Å²) in [6.07, 6.45) is 0.822. The van der Waals surface area contributed by atoms with Crippen molar-refractivity contribution in [2.75, 3.05) is 13.1 Å². The van der Waals surface area contributed by atoms with Crippen LogP contribution in [0.4, 0.5) is 0 Å². The van der Waals surface area contributed by atoms with Crippen LogP contribution in [0, 0.1) is 0 Å². The molecular formula is C18H22BN7O6. The third-order valence-corrected chi connectivity index (χ3v) is 5.34. The molecule has 0 unspecified atom stereocenters. The molecule has 2 amide bonds. The van der Waals surface area contributed by atoms with Gasteiger partial charge < -0.3 is 30.7 Å². The molecule has 14 heteroatoms. The van der Waals surface area contributed by atoms with E-state index in [4.69, 9.17) is 4.65 Å². The molecule has 1 aromatic heterocycles. The van der Waals surface area contributed by atoms with Crippen molar-refractivity contribution < 1.29 is 29.2 Å². The molecule has 32 heavy (non-hydrogen) atoms. The van der Waals surface area contributed by atoms with Crippen LogP contribution < -0.4 is 20.6 Å². The lowest BCUT2D eigenvalue weighted by atomic mass is 9.72. The topological polar surface area (TPSA) is 181 Å². The number of carbonyl (C=O) groups is 3. The Morgan fingerprint density at radius 1 is 1.28 bits per heavy atom. The quantitative estimate of drug-likeness (QED) is 0.288. The van der Waals surface area contributed by atoms with Gasteiger partial charge in [0.15, 0.2) is 5.82 Å². The lowest BCUT2D eigenvalue weighted by molar-refractivity contribution is -0.123. The van der Waals surface area contributed by atoms with Gasteiger partial charge in [0, 0.05) is 12.6 Å². The molecule has 4 rings (SSSR count). The van der Waals surface area contributed by atoms with Gasteiger partial charge >= 0.3 is 13.1 Å². The van der Waals surface area contributed by atoms with E-state index in [0.29, 0.717) is 12.1 Å². The second-order valence-corrected chi connectivity index (χ2v) is 7.67. The van der Waals surface area contributed by atoms with Crippen LogP contribution in [-0.4, -0.2) is 80.3 Å². The van der Waals surface area contributed by atoms with Crippen LogP contribution >= 0.6 is 0 Å². The van der Waals surface area contributed by atoms with E-state index in [2.05, 4.69) is 31.5 Å². The number of hydrogen-bond acceptors (Lipinski definition) is 9. The molecule has 1 fully saturated rings. The van der Waals surface area contributed by atoms with Crippen LogP contribution in [0.1, 0.15) is 28.2 Å². The van der Waals surface area contributed by atoms with Gasteiger partial charge in [-0.2, -0.15) is 0 Å². The first-order chi connectivity index (χ1) is 15.4. The van der Waals surface area contributed by atoms with E-state index < -0.39 is 24.9 Å². The molecule has 0 spiro atoms. The van der Waals surface area contributed by atoms with Gasteiger partial charge in [0.25, 0.3) is 0 Å². The summed E-state index contributed by atoms with van der Waals surface area (Å²) in [5.74, 6) is -2.41. The third-order valence-electron chi connectivity index (χ3n) is 5.34. The van der Waals surface area contributed by atoms with Crippen molar-refractivity contribution in [3.8, 4) is 5.75 Å². The Morgan fingerprint density at radius 2 is 2.12 bits per heavy atom. The van der Waals surface area contributed by atoms with Crippen LogP contribution in [0.3, 0.4) is 0 Å². The highest BCUT2D eigenvalue weighted by molar-refractivity contribution is 6.47. The first-order valence-corrected chi connectivity index (χ1v) is 10.1. The number of fused-ring (bicyclic) bond motifs is 1. The van der Waals surface area contributed by atoms with Crippen LogP contribution in [0.25, 0.3) is 0 Å². The summed E-state index contributed by atoms with van der Waals surface area (Å²) < 4.78 is 6.62. The Hall–Kier alpha value is -3.52. The summed E-state index contributed by atoms with van der Waals surface area (Å²) in [7, 11) is -1.42. The number of carbonyl (C=O) groups excluding carboxylic acids is 2. The van der Waals surface area contributed by atoms with E-state index in [1.165, 1.54) is 10.7 Å². The van der Waals surface area contributed by atoms with Gasteiger partial charge in [-0.05, 0) is 41.4 Å². The predicted molar refractivity (Wildman–Crippen MR) is 109 cm³/mol. The summed E-state index contributed by atoms with van der Waals surface area (Å²) in [6, 6.07) is 4.68. The van der Waals surface area contributed by atoms with Gasteiger partial charge in [0.05, 0.1) is 17.9 Å². The molecule has 2 aliphatic heterocycles. The average Bonchev–Trinajstić information content (AvgIpc) is 3.40. The second-order valence-electron chi connectivity index (χ2n) is 7.67. The van der Waals surface area contributed by atoms with E-state index in [-0.39, 0.29) is 48.5 Å². The molecule has 5 N–H and O–H groups in total. The zero-order valence-electron chi connectivity index (χ0n) is 17.0. The van der Waals surface area contributed by atoms with Crippen molar-refractivity contribution in [2.45, 2.75) is 37.8 Å². The first-order valence-electron chi connectivity index (χ1n) is 10.1. The summed E-state index contributed by atoms with van der Waals surface area (Å²) >= 11 is 0. The van der Waals surface area contributed by atoms with Crippen LogP contribution in [0.2, 0.25) is 0 Å². The van der Waals surface area contributed by atoms with Crippen LogP contribution in [0.5, 0.6) is 5.75 Å². The molecule has 2 aliphatic rings. The SMILES string of the molecule is O=C(Cn1nnnc1CC(=O)N[C@H]1Cc2cccc(C(=O)O)c2OB1O)N[C@H]1CCNC1. The molecule has 168 valence electrons. The number of amides is 2. The zero-order chi connectivity index (χ0) is 22.7. The average molecular weight is 443 g/mol. The Kier molecular flexibility index (Phi) is 6.32. The van der Waals surface area contributed by atoms with Crippen LogP contribution in [0.15, 0.2) is 18.2 Å². The maximum Gasteiger partial charge on any atom is 0.547 e. The number of carboxylic acids is 1. The second kappa shape index (κ2) is 9.32. The summed E-state index contributed by atoms with van der Waals surface area (Å²) in [4.78, 5) is 36.1. The molecule has 0 saturated carbocycles. The number of para-hydroxylation sites is 1. The smallest absolute Gasteiger partial charge is 0.534 e. The number of hydrogen-bond donors (Lipinski definition) is 5. The Bertz CT molecular complexity index is 1020. The molecule has 0 radical (unpaired) electrons. The van der Waals surface area contributed by atoms with Gasteiger partial charge in [0.1, 0.15) is 12.3 Å². The number of rotatable bonds is 7. The number of aromatic nitrogens is 4. The lowest BCUT2D eigenvalue weighted by Gasteiger charge is -2.28. The van der Waals surface area contributed by atoms with Gasteiger partial charge in [0.2, 0.25) is 11.8 Å². The minimum Gasteiger partial charge on any atom is -0.534 e. The maximum atomic E-state index is 12.5. The molecule has 0 bridgehead atoms. The van der Waals surface area contributed by atoms with E-state index in [9.17, 15) is 24.5 Å². The molecule has 0 aliphatic carbocycles. The van der Waals surface area contributed by atoms with Crippen molar-refractivity contribution >= 4 is 24.9 Å². The third kappa shape index (κ3) is 4.86. The molecular weight excluding hydrogens is 421 g/mol. The fraction of sp³-hybridized carbons (Fsp3) is 0.444. The number of aromatic carboxylic acids is 1. The minimum absolute atomic E-state index is 0.0582. The van der Waals surface area contributed by atoms with Crippen molar-refractivity contribution in [2.24, 2.45) is 0 Å². The molecule has 3 heterocycles. The van der Waals surface area contributed by atoms with E-state index in [1.807, 2.05) is 0 Å². The summed E-state index contributed by atoms with van der Waals surface area (Å²) in [5, 5.41) is 39.4. The normalized spacial score (nSPS) is 19.7. The molecule has 1 aromatic carbocycles. The zero-order valence-corrected chi connectivity index (χ0v) is 17.0. The molecule has 13 nitrogen and oxygen atoms in total. The number of tetrazole rings is 1. The standard InChI is InChI=1S/C18H22BN7O6/c27-15(7-14-23-24-25-26(14)9-16(28)21-11-4-5-20-8-11)22-13-6-10-2-1-3-12(18(29)30)17(10)32-19(13)31/h1-3,11,13,20,31H,4-9H2,(H,21,28)(H,22,27)(H,29,30)/t11-,13-/m0/s1. The van der Waals surface area contributed by atoms with Gasteiger partial charge in [-0.15, -0.1) is 5.10 Å². The van der Waals surface area contributed by atoms with Gasteiger partial charge in [-0.25, -0.2) is 9.48 Å². The number of carboxylic acid groups (broad SMARTS) is 1. The minimum atomic E-state index is -1.42.